The summed E-state index contributed by atoms with van der Waals surface area (Å²) >= 11 is 0. The quantitative estimate of drug-likeness (QED) is 0.189. The Morgan fingerprint density at radius 1 is 0.447 bits per heavy atom. The van der Waals surface area contributed by atoms with Crippen LogP contribution < -0.4 is 4.90 Å². The van der Waals surface area contributed by atoms with Gasteiger partial charge in [-0.1, -0.05) is 121 Å². The third-order valence-corrected chi connectivity index (χ3v) is 8.69. The molecule has 0 N–H and O–H groups in total. The number of para-hydroxylation sites is 2. The van der Waals surface area contributed by atoms with Gasteiger partial charge in [-0.05, 0) is 59.2 Å². The van der Waals surface area contributed by atoms with Gasteiger partial charge in [-0.25, -0.2) is 4.98 Å². The van der Waals surface area contributed by atoms with Gasteiger partial charge < -0.3 is 13.7 Å². The summed E-state index contributed by atoms with van der Waals surface area (Å²) in [5.41, 5.74) is 11.3. The molecule has 0 aliphatic carbocycles. The molecule has 0 bridgehead atoms. The van der Waals surface area contributed by atoms with Crippen LogP contribution in [0.5, 0.6) is 0 Å². The first-order chi connectivity index (χ1) is 23.3. The minimum Gasteiger partial charge on any atom is -0.456 e. The second kappa shape index (κ2) is 11.2. The van der Waals surface area contributed by atoms with Crippen LogP contribution in [0, 0.1) is 0 Å². The summed E-state index contributed by atoms with van der Waals surface area (Å²) in [6.45, 7) is 0. The molecule has 0 aliphatic rings. The fourth-order valence-electron chi connectivity index (χ4n) is 6.51. The zero-order valence-electron chi connectivity index (χ0n) is 25.4. The van der Waals surface area contributed by atoms with Gasteiger partial charge in [0.25, 0.3) is 0 Å². The monoisotopic (exact) mass is 604 g/mol. The van der Waals surface area contributed by atoms with E-state index in [9.17, 15) is 0 Å². The average Bonchev–Trinajstić information content (AvgIpc) is 3.76. The lowest BCUT2D eigenvalue weighted by Gasteiger charge is -2.28. The Morgan fingerprint density at radius 3 is 1.79 bits per heavy atom. The van der Waals surface area contributed by atoms with Crippen molar-refractivity contribution in [2.75, 3.05) is 4.90 Å². The van der Waals surface area contributed by atoms with Crippen molar-refractivity contribution in [3.8, 4) is 33.7 Å². The molecule has 2 aromatic heterocycles. The second-order valence-corrected chi connectivity index (χ2v) is 11.6. The third-order valence-electron chi connectivity index (χ3n) is 8.69. The lowest BCUT2D eigenvalue weighted by atomic mass is 9.96. The molecule has 222 valence electrons. The van der Waals surface area contributed by atoms with Crippen LogP contribution in [0.3, 0.4) is 0 Å². The van der Waals surface area contributed by atoms with Crippen LogP contribution in [0.2, 0.25) is 0 Å². The molecule has 0 unspecified atom stereocenters. The van der Waals surface area contributed by atoms with Crippen molar-refractivity contribution >= 4 is 50.1 Å². The van der Waals surface area contributed by atoms with E-state index < -0.39 is 0 Å². The summed E-state index contributed by atoms with van der Waals surface area (Å²) in [6.07, 6.45) is 0. The Bertz CT molecular complexity index is 2500. The molecule has 9 rings (SSSR count). The number of fused-ring (bicyclic) bond motifs is 5. The van der Waals surface area contributed by atoms with Gasteiger partial charge in [-0.15, -0.1) is 0 Å². The van der Waals surface area contributed by atoms with Crippen molar-refractivity contribution in [2.24, 2.45) is 0 Å². The number of nitrogens with zero attached hydrogens (tertiary/aromatic N) is 2. The first-order valence-corrected chi connectivity index (χ1v) is 15.7. The van der Waals surface area contributed by atoms with E-state index in [1.54, 1.807) is 0 Å². The number of furan rings is 1. The van der Waals surface area contributed by atoms with Crippen LogP contribution >= 0.6 is 0 Å². The fraction of sp³-hybridized carbons (Fsp3) is 0. The van der Waals surface area contributed by atoms with E-state index >= 15 is 0 Å². The molecule has 4 heteroatoms. The van der Waals surface area contributed by atoms with Crippen LogP contribution in [-0.2, 0) is 0 Å². The highest BCUT2D eigenvalue weighted by Crippen LogP contribution is 2.48. The second-order valence-electron chi connectivity index (χ2n) is 11.6. The Labute approximate surface area is 271 Å². The molecule has 0 atom stereocenters. The number of hydrogen-bond donors (Lipinski definition) is 0. The largest absolute Gasteiger partial charge is 0.456 e. The third kappa shape index (κ3) is 4.66. The van der Waals surface area contributed by atoms with Gasteiger partial charge >= 0.3 is 0 Å². The summed E-state index contributed by atoms with van der Waals surface area (Å²) < 4.78 is 13.2. The van der Waals surface area contributed by atoms with Crippen molar-refractivity contribution in [3.63, 3.8) is 0 Å². The van der Waals surface area contributed by atoms with Crippen molar-refractivity contribution in [3.05, 3.63) is 170 Å². The normalized spacial score (nSPS) is 11.4. The van der Waals surface area contributed by atoms with Gasteiger partial charge in [0, 0.05) is 28.3 Å². The highest BCUT2D eigenvalue weighted by molar-refractivity contribution is 6.20. The number of benzene rings is 7. The molecule has 4 nitrogen and oxygen atoms in total. The van der Waals surface area contributed by atoms with Gasteiger partial charge in [0.05, 0.1) is 16.8 Å². The van der Waals surface area contributed by atoms with Gasteiger partial charge in [-0.2, -0.15) is 0 Å². The Hall–Kier alpha value is -6.39. The van der Waals surface area contributed by atoms with Crippen LogP contribution in [0.1, 0.15) is 0 Å². The molecule has 0 saturated carbocycles. The Balaban J connectivity index is 1.37. The summed E-state index contributed by atoms with van der Waals surface area (Å²) in [5.74, 6) is 0.565. The first kappa shape index (κ1) is 27.0. The van der Waals surface area contributed by atoms with Gasteiger partial charge in [0.15, 0.2) is 5.58 Å². The maximum atomic E-state index is 6.69. The standard InChI is InChI=1S/C43H28N2O2/c1-5-15-29(16-6-1)32-25-26-36(35(27-32)30-17-7-2-8-18-30)45(33-21-11-4-12-22-33)37-28-39-40(34-23-13-14-24-38(34)46-39)42-41(37)44-43(47-42)31-19-9-3-10-20-31/h1-28H. The minimum absolute atomic E-state index is 0.565. The summed E-state index contributed by atoms with van der Waals surface area (Å²) in [5, 5.41) is 1.92. The SMILES string of the molecule is c1ccc(-c2ccc(N(c3ccccc3)c3cc4oc5ccccc5c4c4oc(-c5ccccc5)nc34)c(-c3ccccc3)c2)cc1. The molecule has 0 fully saturated rings. The van der Waals surface area contributed by atoms with Crippen molar-refractivity contribution in [1.82, 2.24) is 4.98 Å². The molecular weight excluding hydrogens is 576 g/mol. The highest BCUT2D eigenvalue weighted by atomic mass is 16.4. The number of oxazole rings is 1. The Kier molecular flexibility index (Phi) is 6.43. The molecule has 0 amide bonds. The number of anilines is 3. The Morgan fingerprint density at radius 2 is 1.06 bits per heavy atom. The van der Waals surface area contributed by atoms with E-state index in [2.05, 4.69) is 114 Å². The van der Waals surface area contributed by atoms with E-state index in [0.29, 0.717) is 11.5 Å². The van der Waals surface area contributed by atoms with Crippen LogP contribution in [-0.4, -0.2) is 4.98 Å². The first-order valence-electron chi connectivity index (χ1n) is 15.7. The molecule has 0 aliphatic heterocycles. The van der Waals surface area contributed by atoms with E-state index in [4.69, 9.17) is 13.8 Å². The van der Waals surface area contributed by atoms with Crippen LogP contribution in [0.4, 0.5) is 17.1 Å². The summed E-state index contributed by atoms with van der Waals surface area (Å²) in [4.78, 5) is 7.49. The summed E-state index contributed by atoms with van der Waals surface area (Å²) in [7, 11) is 0. The lowest BCUT2D eigenvalue weighted by molar-refractivity contribution is 0.622. The van der Waals surface area contributed by atoms with Crippen LogP contribution in [0.25, 0.3) is 66.7 Å². The molecule has 0 saturated heterocycles. The maximum Gasteiger partial charge on any atom is 0.227 e. The molecule has 9 aromatic rings. The fourth-order valence-corrected chi connectivity index (χ4v) is 6.51. The molecule has 2 heterocycles. The predicted molar refractivity (Wildman–Crippen MR) is 192 cm³/mol. The van der Waals surface area contributed by atoms with Crippen LogP contribution in [0.15, 0.2) is 179 Å². The predicted octanol–water partition coefficient (Wildman–Crippen LogP) is 12.2. The number of aromatic nitrogens is 1. The number of hydrogen-bond acceptors (Lipinski definition) is 4. The molecule has 7 aromatic carbocycles. The van der Waals surface area contributed by atoms with Gasteiger partial charge in [0.2, 0.25) is 5.89 Å². The van der Waals surface area contributed by atoms with Crippen molar-refractivity contribution < 1.29 is 8.83 Å². The van der Waals surface area contributed by atoms with E-state index in [-0.39, 0.29) is 0 Å². The van der Waals surface area contributed by atoms with E-state index in [1.807, 2.05) is 60.7 Å². The average molecular weight is 605 g/mol. The lowest BCUT2D eigenvalue weighted by Crippen LogP contribution is -2.12. The summed E-state index contributed by atoms with van der Waals surface area (Å²) in [6, 6.07) is 58.5. The maximum absolute atomic E-state index is 6.69. The minimum atomic E-state index is 0.565. The van der Waals surface area contributed by atoms with Crippen molar-refractivity contribution in [2.45, 2.75) is 0 Å². The zero-order valence-corrected chi connectivity index (χ0v) is 25.4. The van der Waals surface area contributed by atoms with E-state index in [0.717, 1.165) is 72.3 Å². The molecule has 0 radical (unpaired) electrons. The van der Waals surface area contributed by atoms with Crippen molar-refractivity contribution in [1.29, 1.82) is 0 Å². The highest BCUT2D eigenvalue weighted by Gasteiger charge is 2.26. The smallest absolute Gasteiger partial charge is 0.227 e. The topological polar surface area (TPSA) is 42.4 Å². The molecule has 0 spiro atoms. The number of rotatable bonds is 6. The molecular formula is C43H28N2O2. The zero-order chi connectivity index (χ0) is 31.2. The molecule has 47 heavy (non-hydrogen) atoms. The van der Waals surface area contributed by atoms with Gasteiger partial charge in [-0.3, -0.25) is 0 Å². The van der Waals surface area contributed by atoms with Gasteiger partial charge in [0.1, 0.15) is 16.7 Å². The van der Waals surface area contributed by atoms with E-state index in [1.165, 1.54) is 0 Å².